The lowest BCUT2D eigenvalue weighted by Crippen LogP contribution is -2.71. The number of halogens is 1. The molecule has 6 heteroatoms. The maximum absolute atomic E-state index is 9.22. The van der Waals surface area contributed by atoms with E-state index < -0.39 is 5.60 Å². The molecule has 2 saturated heterocycles. The molecule has 8 atom stereocenters. The molecule has 24 heavy (non-hydrogen) atoms. The van der Waals surface area contributed by atoms with Crippen LogP contribution in [0.25, 0.3) is 0 Å². The van der Waals surface area contributed by atoms with Gasteiger partial charge in [-0.3, -0.25) is 4.84 Å². The van der Waals surface area contributed by atoms with E-state index in [4.69, 9.17) is 9.57 Å². The van der Waals surface area contributed by atoms with Gasteiger partial charge in [0, 0.05) is 13.5 Å². The molecule has 1 N–H and O–H groups in total. The Labute approximate surface area is 157 Å². The van der Waals surface area contributed by atoms with E-state index in [1.807, 2.05) is 0 Å². The zero-order chi connectivity index (χ0) is 17.0. The number of epoxide rings is 1. The van der Waals surface area contributed by atoms with Crippen molar-refractivity contribution < 1.29 is 14.8 Å². The molecule has 3 aliphatic carbocycles. The summed E-state index contributed by atoms with van der Waals surface area (Å²) in [4.78, 5) is 6.55. The van der Waals surface area contributed by atoms with Crippen LogP contribution >= 0.6 is 22.6 Å². The Morgan fingerprint density at radius 3 is 2.83 bits per heavy atom. The number of nitrogens with zero attached hydrogens (tertiary/aromatic N) is 2. The summed E-state index contributed by atoms with van der Waals surface area (Å²) >= 11 is 2.77. The molecule has 5 fully saturated rings. The second-order valence-electron chi connectivity index (χ2n) is 8.90. The Hall–Kier alpha value is 0.0800. The number of hydroxylamine groups is 2. The Morgan fingerprint density at radius 1 is 1.29 bits per heavy atom. The van der Waals surface area contributed by atoms with Crippen LogP contribution in [0.3, 0.4) is 0 Å². The standard InChI is InChI=1S/C18H27IN2O3/c1-11-5-8-15-6-4-7-17(15)18(11,19)13(24-21(17)3)9-16(10-20-22)14(23-16)12(15)2/h10-14,22H,4-9H2,1-3H3/b20-10+/t11?,12-,13+,14-,15?,16-,17-,18?/m0/s1. The van der Waals surface area contributed by atoms with E-state index in [9.17, 15) is 5.21 Å². The van der Waals surface area contributed by atoms with Gasteiger partial charge in [-0.1, -0.05) is 48.0 Å². The average Bonchev–Trinajstić information content (AvgIpc) is 2.98. The lowest BCUT2D eigenvalue weighted by Gasteiger charge is -2.62. The second kappa shape index (κ2) is 4.67. The third kappa shape index (κ3) is 1.46. The van der Waals surface area contributed by atoms with Crippen molar-refractivity contribution in [3.63, 3.8) is 0 Å². The monoisotopic (exact) mass is 446 g/mol. The van der Waals surface area contributed by atoms with Gasteiger partial charge in [0.2, 0.25) is 0 Å². The molecule has 1 spiro atoms. The quantitative estimate of drug-likeness (QED) is 0.168. The molecule has 5 nitrogen and oxygen atoms in total. The van der Waals surface area contributed by atoms with Crippen molar-refractivity contribution >= 4 is 28.8 Å². The first-order valence-corrected chi connectivity index (χ1v) is 10.4. The first-order chi connectivity index (χ1) is 11.4. The van der Waals surface area contributed by atoms with Crippen LogP contribution in [0.2, 0.25) is 0 Å². The fraction of sp³-hybridized carbons (Fsp3) is 0.944. The third-order valence-electron chi connectivity index (χ3n) is 8.53. The van der Waals surface area contributed by atoms with Crippen molar-refractivity contribution in [3.05, 3.63) is 0 Å². The van der Waals surface area contributed by atoms with Crippen molar-refractivity contribution in [2.75, 3.05) is 7.05 Å². The number of fused-ring (bicyclic) bond motifs is 1. The first-order valence-electron chi connectivity index (χ1n) is 9.34. The smallest absolute Gasteiger partial charge is 0.136 e. The van der Waals surface area contributed by atoms with Gasteiger partial charge >= 0.3 is 0 Å². The van der Waals surface area contributed by atoms with Crippen LogP contribution in [0.1, 0.15) is 52.4 Å². The van der Waals surface area contributed by atoms with Gasteiger partial charge in [-0.2, -0.15) is 5.06 Å². The fourth-order valence-corrected chi connectivity index (χ4v) is 9.30. The van der Waals surface area contributed by atoms with E-state index in [0.29, 0.717) is 11.8 Å². The van der Waals surface area contributed by atoms with Crippen LogP contribution in [-0.4, -0.2) is 50.3 Å². The van der Waals surface area contributed by atoms with Gasteiger partial charge in [-0.05, 0) is 42.9 Å². The lowest BCUT2D eigenvalue weighted by atomic mass is 9.48. The number of rotatable bonds is 1. The van der Waals surface area contributed by atoms with Gasteiger partial charge in [0.1, 0.15) is 5.60 Å². The predicted molar refractivity (Wildman–Crippen MR) is 98.5 cm³/mol. The molecule has 3 saturated carbocycles. The molecule has 4 bridgehead atoms. The lowest BCUT2D eigenvalue weighted by molar-refractivity contribution is -0.204. The molecule has 2 heterocycles. The minimum Gasteiger partial charge on any atom is -0.411 e. The summed E-state index contributed by atoms with van der Waals surface area (Å²) in [6.07, 6.45) is 9.00. The molecule has 5 rings (SSSR count). The van der Waals surface area contributed by atoms with E-state index in [0.717, 1.165) is 6.42 Å². The normalized spacial score (nSPS) is 62.2. The molecule has 0 aromatic rings. The highest BCUT2D eigenvalue weighted by atomic mass is 127. The predicted octanol–water partition coefficient (Wildman–Crippen LogP) is 3.38. The molecule has 5 aliphatic rings. The molecule has 3 unspecified atom stereocenters. The average molecular weight is 446 g/mol. The van der Waals surface area contributed by atoms with Crippen molar-refractivity contribution in [2.45, 2.75) is 79.1 Å². The van der Waals surface area contributed by atoms with Crippen molar-refractivity contribution in [2.24, 2.45) is 22.4 Å². The zero-order valence-corrected chi connectivity index (χ0v) is 16.8. The third-order valence-corrected chi connectivity index (χ3v) is 11.2. The summed E-state index contributed by atoms with van der Waals surface area (Å²) in [5.41, 5.74) is -0.0869. The molecular formula is C18H27IN2O3. The molecule has 0 radical (unpaired) electrons. The van der Waals surface area contributed by atoms with Crippen LogP contribution in [0.15, 0.2) is 5.16 Å². The highest BCUT2D eigenvalue weighted by Gasteiger charge is 2.82. The number of hydrogen-bond donors (Lipinski definition) is 1. The highest BCUT2D eigenvalue weighted by Crippen LogP contribution is 2.75. The van der Waals surface area contributed by atoms with E-state index in [1.165, 1.54) is 32.1 Å². The minimum absolute atomic E-state index is 0.0930. The van der Waals surface area contributed by atoms with E-state index >= 15 is 0 Å². The van der Waals surface area contributed by atoms with Gasteiger partial charge in [0.25, 0.3) is 0 Å². The molecular weight excluding hydrogens is 419 g/mol. The summed E-state index contributed by atoms with van der Waals surface area (Å²) in [5.74, 6) is 1.06. The van der Waals surface area contributed by atoms with E-state index in [-0.39, 0.29) is 26.6 Å². The fourth-order valence-electron chi connectivity index (χ4n) is 7.51. The maximum atomic E-state index is 9.22. The SMILES string of the molecule is CC1CCC23CCC[C@]24N(C)O[C@H](C[C@@]2(/C=N/O)O[C@H]2[C@@H]3C)C14I. The van der Waals surface area contributed by atoms with Crippen molar-refractivity contribution in [1.82, 2.24) is 5.06 Å². The van der Waals surface area contributed by atoms with Crippen LogP contribution in [-0.2, 0) is 9.57 Å². The van der Waals surface area contributed by atoms with Crippen LogP contribution in [0.5, 0.6) is 0 Å². The largest absolute Gasteiger partial charge is 0.411 e. The Kier molecular flexibility index (Phi) is 3.17. The summed E-state index contributed by atoms with van der Waals surface area (Å²) in [6.45, 7) is 4.79. The summed E-state index contributed by atoms with van der Waals surface area (Å²) in [5, 5.41) is 14.9. The van der Waals surface area contributed by atoms with Gasteiger partial charge in [-0.25, -0.2) is 0 Å². The summed E-state index contributed by atoms with van der Waals surface area (Å²) in [6, 6.07) is 0. The highest BCUT2D eigenvalue weighted by molar-refractivity contribution is 14.1. The Morgan fingerprint density at radius 2 is 2.08 bits per heavy atom. The van der Waals surface area contributed by atoms with E-state index in [2.05, 4.69) is 53.7 Å². The first kappa shape index (κ1) is 16.3. The Bertz CT molecular complexity index is 617. The Balaban J connectivity index is 1.75. The van der Waals surface area contributed by atoms with Gasteiger partial charge in [-0.15, -0.1) is 0 Å². The van der Waals surface area contributed by atoms with Gasteiger partial charge in [0.05, 0.1) is 27.4 Å². The minimum atomic E-state index is -0.431. The molecule has 134 valence electrons. The summed E-state index contributed by atoms with van der Waals surface area (Å²) < 4.78 is 6.34. The van der Waals surface area contributed by atoms with E-state index in [1.54, 1.807) is 6.21 Å². The van der Waals surface area contributed by atoms with Gasteiger partial charge in [0.15, 0.2) is 0 Å². The molecule has 2 aliphatic heterocycles. The number of alkyl halides is 1. The number of hydrogen-bond acceptors (Lipinski definition) is 5. The summed E-state index contributed by atoms with van der Waals surface area (Å²) in [7, 11) is 2.17. The zero-order valence-electron chi connectivity index (χ0n) is 14.7. The van der Waals surface area contributed by atoms with Crippen LogP contribution in [0, 0.1) is 17.3 Å². The maximum Gasteiger partial charge on any atom is 0.136 e. The molecule has 0 aromatic carbocycles. The van der Waals surface area contributed by atoms with Crippen molar-refractivity contribution in [1.29, 1.82) is 0 Å². The number of oxime groups is 1. The van der Waals surface area contributed by atoms with Crippen molar-refractivity contribution in [3.8, 4) is 0 Å². The van der Waals surface area contributed by atoms with Crippen LogP contribution in [0.4, 0.5) is 0 Å². The van der Waals surface area contributed by atoms with Crippen LogP contribution < -0.4 is 0 Å². The molecule has 0 aromatic heterocycles. The number of ether oxygens (including phenoxy) is 1. The van der Waals surface area contributed by atoms with Gasteiger partial charge < -0.3 is 9.94 Å². The second-order valence-corrected chi connectivity index (χ2v) is 10.7. The molecule has 0 amide bonds. The topological polar surface area (TPSA) is 57.6 Å².